The van der Waals surface area contributed by atoms with Crippen LogP contribution < -0.4 is 5.32 Å². The lowest BCUT2D eigenvalue weighted by molar-refractivity contribution is -0.137. The summed E-state index contributed by atoms with van der Waals surface area (Å²) in [5, 5.41) is 3.02. The van der Waals surface area contributed by atoms with E-state index in [1.165, 1.54) is 12.1 Å². The first-order valence-corrected chi connectivity index (χ1v) is 11.6. The first kappa shape index (κ1) is 25.4. The van der Waals surface area contributed by atoms with Crippen molar-refractivity contribution in [1.82, 2.24) is 9.47 Å². The molecule has 182 valence electrons. The highest BCUT2D eigenvalue weighted by atomic mass is 19.4. The summed E-state index contributed by atoms with van der Waals surface area (Å²) in [5.41, 5.74) is 3.66. The van der Waals surface area contributed by atoms with Gasteiger partial charge >= 0.3 is 12.2 Å². The fraction of sp³-hybridized carbons (Fsp3) is 0.370. The van der Waals surface area contributed by atoms with Gasteiger partial charge in [-0.05, 0) is 61.7 Å². The summed E-state index contributed by atoms with van der Waals surface area (Å²) in [6, 6.07) is 14.8. The van der Waals surface area contributed by atoms with Crippen LogP contribution in [-0.4, -0.2) is 22.0 Å². The zero-order chi connectivity index (χ0) is 24.7. The van der Waals surface area contributed by atoms with Gasteiger partial charge in [0.05, 0.1) is 12.1 Å². The predicted molar refractivity (Wildman–Crippen MR) is 130 cm³/mol. The maximum absolute atomic E-state index is 13.2. The number of hydrogen-bond acceptors (Lipinski definition) is 1. The van der Waals surface area contributed by atoms with Gasteiger partial charge in [-0.15, -0.1) is 0 Å². The number of urea groups is 1. The van der Waals surface area contributed by atoms with Crippen molar-refractivity contribution in [3.63, 3.8) is 0 Å². The highest BCUT2D eigenvalue weighted by Crippen LogP contribution is 2.29. The number of nitrogens with zero attached hydrogens (tertiary/aromatic N) is 2. The van der Waals surface area contributed by atoms with Crippen LogP contribution in [0, 0.1) is 13.8 Å². The maximum Gasteiger partial charge on any atom is 0.416 e. The molecule has 7 heteroatoms. The third-order valence-corrected chi connectivity index (χ3v) is 5.83. The van der Waals surface area contributed by atoms with Gasteiger partial charge in [-0.2, -0.15) is 13.2 Å². The number of hydrogen-bond donors (Lipinski definition) is 1. The number of aryl methyl sites for hydroxylation is 2. The van der Waals surface area contributed by atoms with Crippen molar-refractivity contribution < 1.29 is 18.0 Å². The summed E-state index contributed by atoms with van der Waals surface area (Å²) >= 11 is 0. The molecule has 0 bridgehead atoms. The Morgan fingerprint density at radius 2 is 1.82 bits per heavy atom. The zero-order valence-corrected chi connectivity index (χ0v) is 20.0. The molecule has 0 radical (unpaired) electrons. The number of aromatic nitrogens is 1. The van der Waals surface area contributed by atoms with Crippen molar-refractivity contribution >= 4 is 11.7 Å². The van der Waals surface area contributed by atoms with Crippen LogP contribution >= 0.6 is 0 Å². The van der Waals surface area contributed by atoms with Gasteiger partial charge in [0.25, 0.3) is 0 Å². The van der Waals surface area contributed by atoms with E-state index in [-0.39, 0.29) is 6.03 Å². The summed E-state index contributed by atoms with van der Waals surface area (Å²) in [6.07, 6.45) is 0.391. The second-order valence-corrected chi connectivity index (χ2v) is 8.70. The van der Waals surface area contributed by atoms with Gasteiger partial charge in [-0.1, -0.05) is 49.6 Å². The third kappa shape index (κ3) is 6.89. The Hall–Kier alpha value is -3.22. The molecular formula is C27H32F3N3O. The van der Waals surface area contributed by atoms with Crippen LogP contribution in [0.1, 0.15) is 54.1 Å². The summed E-state index contributed by atoms with van der Waals surface area (Å²) in [7, 11) is 0. The Labute approximate surface area is 199 Å². The smallest absolute Gasteiger partial charge is 0.345 e. The molecule has 0 aliphatic heterocycles. The number of anilines is 1. The van der Waals surface area contributed by atoms with Crippen LogP contribution in [0.25, 0.3) is 0 Å². The number of rotatable bonds is 9. The molecule has 0 spiro atoms. The number of halogens is 3. The molecule has 0 aliphatic carbocycles. The number of alkyl halides is 3. The quantitative estimate of drug-likeness (QED) is 0.325. The van der Waals surface area contributed by atoms with Crippen LogP contribution in [0.3, 0.4) is 0 Å². The fourth-order valence-corrected chi connectivity index (χ4v) is 3.94. The molecule has 0 fully saturated rings. The average molecular weight is 472 g/mol. The predicted octanol–water partition coefficient (Wildman–Crippen LogP) is 7.40. The summed E-state index contributed by atoms with van der Waals surface area (Å²) < 4.78 is 41.2. The second kappa shape index (κ2) is 11.3. The summed E-state index contributed by atoms with van der Waals surface area (Å²) in [4.78, 5) is 14.9. The molecular weight excluding hydrogens is 439 g/mol. The van der Waals surface area contributed by atoms with Crippen molar-refractivity contribution in [3.05, 3.63) is 88.7 Å². The number of carbonyl (C=O) groups excluding carboxylic acids is 1. The molecule has 0 unspecified atom stereocenters. The van der Waals surface area contributed by atoms with E-state index in [9.17, 15) is 18.0 Å². The van der Waals surface area contributed by atoms with Crippen molar-refractivity contribution in [2.45, 2.75) is 59.3 Å². The standard InChI is InChI=1S/C27H32F3N3O/c1-4-5-6-14-33(26(34)31-25-13-12-20(2)16-21(25)3)19-24-11-8-15-32(24)18-22-9-7-10-23(17-22)27(28,29)30/h7-13,15-17H,4-6,14,18-19H2,1-3H3,(H,31,34). The molecule has 2 amide bonds. The molecule has 2 aromatic carbocycles. The highest BCUT2D eigenvalue weighted by Gasteiger charge is 2.30. The van der Waals surface area contributed by atoms with Crippen molar-refractivity contribution in [2.75, 3.05) is 11.9 Å². The van der Waals surface area contributed by atoms with Gasteiger partial charge < -0.3 is 14.8 Å². The Bertz CT molecular complexity index is 1100. The summed E-state index contributed by atoms with van der Waals surface area (Å²) in [5.74, 6) is 0. The number of unbranched alkanes of at least 4 members (excludes halogenated alkanes) is 2. The van der Waals surface area contributed by atoms with Crippen LogP contribution in [0.2, 0.25) is 0 Å². The van der Waals surface area contributed by atoms with E-state index < -0.39 is 11.7 Å². The van der Waals surface area contributed by atoms with Crippen LogP contribution in [0.15, 0.2) is 60.8 Å². The summed E-state index contributed by atoms with van der Waals surface area (Å²) in [6.45, 7) is 7.35. The lowest BCUT2D eigenvalue weighted by atomic mass is 10.1. The Kier molecular flexibility index (Phi) is 8.42. The van der Waals surface area contributed by atoms with Crippen LogP contribution in [0.4, 0.5) is 23.7 Å². The molecule has 4 nitrogen and oxygen atoms in total. The van der Waals surface area contributed by atoms with E-state index in [1.54, 1.807) is 11.0 Å². The zero-order valence-electron chi connectivity index (χ0n) is 20.0. The third-order valence-electron chi connectivity index (χ3n) is 5.83. The molecule has 3 rings (SSSR count). The Morgan fingerprint density at radius 3 is 2.53 bits per heavy atom. The van der Waals surface area contributed by atoms with Gasteiger partial charge in [-0.3, -0.25) is 0 Å². The number of nitrogens with one attached hydrogen (secondary N) is 1. The lowest BCUT2D eigenvalue weighted by Crippen LogP contribution is -2.36. The Balaban J connectivity index is 1.77. The van der Waals surface area contributed by atoms with Crippen LogP contribution in [0.5, 0.6) is 0 Å². The first-order chi connectivity index (χ1) is 16.2. The van der Waals surface area contributed by atoms with Gasteiger partial charge in [0.1, 0.15) is 0 Å². The minimum absolute atomic E-state index is 0.185. The molecule has 0 aliphatic rings. The molecule has 1 heterocycles. The first-order valence-electron chi connectivity index (χ1n) is 11.6. The Morgan fingerprint density at radius 1 is 1.03 bits per heavy atom. The second-order valence-electron chi connectivity index (χ2n) is 8.70. The van der Waals surface area contributed by atoms with Gasteiger partial charge in [0.2, 0.25) is 0 Å². The van der Waals surface area contributed by atoms with E-state index in [4.69, 9.17) is 0 Å². The van der Waals surface area contributed by atoms with Crippen molar-refractivity contribution in [1.29, 1.82) is 0 Å². The molecule has 0 saturated heterocycles. The minimum atomic E-state index is -4.38. The molecule has 0 atom stereocenters. The lowest BCUT2D eigenvalue weighted by Gasteiger charge is -2.24. The maximum atomic E-state index is 13.2. The van der Waals surface area contributed by atoms with Gasteiger partial charge in [0.15, 0.2) is 0 Å². The average Bonchev–Trinajstić information content (AvgIpc) is 3.21. The van der Waals surface area contributed by atoms with Crippen molar-refractivity contribution in [3.8, 4) is 0 Å². The minimum Gasteiger partial charge on any atom is -0.345 e. The SMILES string of the molecule is CCCCCN(Cc1cccn1Cc1cccc(C(F)(F)F)c1)C(=O)Nc1ccc(C)cc1C. The molecule has 1 N–H and O–H groups in total. The molecule has 1 aromatic heterocycles. The molecule has 0 saturated carbocycles. The van der Waals surface area contributed by atoms with Crippen molar-refractivity contribution in [2.24, 2.45) is 0 Å². The van der Waals surface area contributed by atoms with Gasteiger partial charge in [-0.25, -0.2) is 4.79 Å². The molecule has 34 heavy (non-hydrogen) atoms. The topological polar surface area (TPSA) is 37.3 Å². The van der Waals surface area contributed by atoms with Gasteiger partial charge in [0, 0.05) is 30.7 Å². The van der Waals surface area contributed by atoms with E-state index in [0.717, 1.165) is 47.8 Å². The normalized spacial score (nSPS) is 11.5. The highest BCUT2D eigenvalue weighted by molar-refractivity contribution is 5.90. The molecule has 3 aromatic rings. The van der Waals surface area contributed by atoms with E-state index in [0.29, 0.717) is 25.2 Å². The number of amides is 2. The largest absolute Gasteiger partial charge is 0.416 e. The fourth-order valence-electron chi connectivity index (χ4n) is 3.94. The van der Waals surface area contributed by atoms with E-state index >= 15 is 0 Å². The van der Waals surface area contributed by atoms with E-state index in [1.807, 2.05) is 54.9 Å². The van der Waals surface area contributed by atoms with E-state index in [2.05, 4.69) is 12.2 Å². The number of benzene rings is 2. The van der Waals surface area contributed by atoms with Crippen LogP contribution in [-0.2, 0) is 19.3 Å². The number of carbonyl (C=O) groups is 1. The monoisotopic (exact) mass is 471 g/mol.